The van der Waals surface area contributed by atoms with E-state index in [0.29, 0.717) is 6.04 Å². The average molecular weight is 225 g/mol. The maximum atomic E-state index is 11.9. The van der Waals surface area contributed by atoms with Crippen molar-refractivity contribution in [3.05, 3.63) is 0 Å². The van der Waals surface area contributed by atoms with Crippen LogP contribution in [0.5, 0.6) is 0 Å². The van der Waals surface area contributed by atoms with Crippen molar-refractivity contribution in [2.24, 2.45) is 0 Å². The molecule has 2 rings (SSSR count). The van der Waals surface area contributed by atoms with E-state index in [1.165, 1.54) is 0 Å². The fraction of sp³-hybridized carbons (Fsp3) is 0.818. The third-order valence-electron chi connectivity index (χ3n) is 3.10. The first-order valence-electron chi connectivity index (χ1n) is 6.02. The molecule has 2 amide bonds. The molecule has 0 bridgehead atoms. The summed E-state index contributed by atoms with van der Waals surface area (Å²) < 4.78 is 0. The molecule has 90 valence electrons. The molecular weight excluding hydrogens is 206 g/mol. The lowest BCUT2D eigenvalue weighted by Crippen LogP contribution is -2.56. The van der Waals surface area contributed by atoms with Gasteiger partial charge >= 0.3 is 0 Å². The zero-order valence-electron chi connectivity index (χ0n) is 9.66. The summed E-state index contributed by atoms with van der Waals surface area (Å²) in [6, 6.07) is 0.0425. The molecule has 1 aliphatic heterocycles. The van der Waals surface area contributed by atoms with Gasteiger partial charge in [0.05, 0.1) is 12.5 Å². The van der Waals surface area contributed by atoms with E-state index < -0.39 is 0 Å². The molecule has 1 heterocycles. The van der Waals surface area contributed by atoms with E-state index in [9.17, 15) is 9.59 Å². The van der Waals surface area contributed by atoms with Gasteiger partial charge in [-0.05, 0) is 19.8 Å². The molecule has 1 atom stereocenters. The van der Waals surface area contributed by atoms with Gasteiger partial charge in [-0.15, -0.1) is 0 Å². The van der Waals surface area contributed by atoms with E-state index in [-0.39, 0.29) is 24.3 Å². The Balaban J connectivity index is 1.82. The van der Waals surface area contributed by atoms with Crippen molar-refractivity contribution in [3.8, 4) is 0 Å². The van der Waals surface area contributed by atoms with Gasteiger partial charge in [-0.2, -0.15) is 0 Å². The van der Waals surface area contributed by atoms with Crippen LogP contribution >= 0.6 is 0 Å². The van der Waals surface area contributed by atoms with Crippen LogP contribution in [0.1, 0.15) is 26.2 Å². The topological polar surface area (TPSA) is 61.4 Å². The monoisotopic (exact) mass is 225 g/mol. The van der Waals surface area contributed by atoms with Crippen molar-refractivity contribution in [2.75, 3.05) is 19.6 Å². The molecule has 2 N–H and O–H groups in total. The summed E-state index contributed by atoms with van der Waals surface area (Å²) in [6.45, 7) is 4.21. The number of hydrogen-bond donors (Lipinski definition) is 2. The predicted molar refractivity (Wildman–Crippen MR) is 59.8 cm³/mol. The number of nitrogens with zero attached hydrogens (tertiary/aromatic N) is 1. The first-order chi connectivity index (χ1) is 7.70. The van der Waals surface area contributed by atoms with Gasteiger partial charge in [0.2, 0.25) is 11.8 Å². The van der Waals surface area contributed by atoms with E-state index in [1.807, 2.05) is 6.92 Å². The fourth-order valence-corrected chi connectivity index (χ4v) is 1.96. The number of amides is 2. The molecule has 2 aliphatic rings. The third kappa shape index (κ3) is 2.72. The molecule has 0 aromatic heterocycles. The second-order valence-electron chi connectivity index (χ2n) is 4.47. The molecule has 1 unspecified atom stereocenters. The van der Waals surface area contributed by atoms with Gasteiger partial charge in [0, 0.05) is 25.7 Å². The summed E-state index contributed by atoms with van der Waals surface area (Å²) in [5, 5.41) is 6.01. The van der Waals surface area contributed by atoms with E-state index in [4.69, 9.17) is 0 Å². The first-order valence-corrected chi connectivity index (χ1v) is 6.02. The molecule has 5 heteroatoms. The molecule has 0 aromatic rings. The van der Waals surface area contributed by atoms with Crippen molar-refractivity contribution in [3.63, 3.8) is 0 Å². The van der Waals surface area contributed by atoms with Crippen molar-refractivity contribution < 1.29 is 9.59 Å². The van der Waals surface area contributed by atoms with Crippen LogP contribution in [-0.4, -0.2) is 48.4 Å². The van der Waals surface area contributed by atoms with Crippen LogP contribution in [0.4, 0.5) is 0 Å². The Labute approximate surface area is 95.6 Å². The summed E-state index contributed by atoms with van der Waals surface area (Å²) >= 11 is 0. The molecule has 0 aromatic carbocycles. The number of rotatable bonds is 4. The van der Waals surface area contributed by atoms with Crippen LogP contribution < -0.4 is 10.6 Å². The maximum Gasteiger partial charge on any atom is 0.240 e. The van der Waals surface area contributed by atoms with Gasteiger partial charge in [0.1, 0.15) is 0 Å². The number of hydrogen-bond acceptors (Lipinski definition) is 3. The van der Waals surface area contributed by atoms with Crippen LogP contribution in [0.15, 0.2) is 0 Å². The van der Waals surface area contributed by atoms with Crippen LogP contribution in [0.3, 0.4) is 0 Å². The normalized spacial score (nSPS) is 25.7. The molecular formula is C11H19N3O2. The molecule has 1 saturated carbocycles. The van der Waals surface area contributed by atoms with Gasteiger partial charge in [-0.25, -0.2) is 0 Å². The Morgan fingerprint density at radius 2 is 2.31 bits per heavy atom. The van der Waals surface area contributed by atoms with Crippen molar-refractivity contribution in [1.29, 1.82) is 0 Å². The Hall–Kier alpha value is -1.10. The van der Waals surface area contributed by atoms with Crippen molar-refractivity contribution in [2.45, 2.75) is 38.3 Å². The summed E-state index contributed by atoms with van der Waals surface area (Å²) in [5.74, 6) is 0.0472. The Morgan fingerprint density at radius 1 is 1.56 bits per heavy atom. The first kappa shape index (κ1) is 11.4. The Morgan fingerprint density at radius 3 is 2.94 bits per heavy atom. The maximum absolute atomic E-state index is 11.9. The fourth-order valence-electron chi connectivity index (χ4n) is 1.96. The number of nitrogens with one attached hydrogen (secondary N) is 2. The van der Waals surface area contributed by atoms with Gasteiger partial charge < -0.3 is 15.5 Å². The largest absolute Gasteiger partial charge is 0.353 e. The lowest BCUT2D eigenvalue weighted by molar-refractivity contribution is -0.138. The third-order valence-corrected chi connectivity index (χ3v) is 3.10. The van der Waals surface area contributed by atoms with Crippen molar-refractivity contribution >= 4 is 11.8 Å². The SMILES string of the molecule is CCN1CCNC(CC(=O)NC2CC2)C1=O. The number of likely N-dealkylation sites (N-methyl/N-ethyl adjacent to an activating group) is 1. The van der Waals surface area contributed by atoms with Crippen LogP contribution in [0.2, 0.25) is 0 Å². The van der Waals surface area contributed by atoms with Crippen LogP contribution in [0, 0.1) is 0 Å². The predicted octanol–water partition coefficient (Wildman–Crippen LogP) is -0.525. The van der Waals surface area contributed by atoms with E-state index >= 15 is 0 Å². The molecule has 1 saturated heterocycles. The van der Waals surface area contributed by atoms with Gasteiger partial charge in [-0.3, -0.25) is 9.59 Å². The van der Waals surface area contributed by atoms with Crippen molar-refractivity contribution in [1.82, 2.24) is 15.5 Å². The quantitative estimate of drug-likeness (QED) is 0.676. The van der Waals surface area contributed by atoms with Gasteiger partial charge in [0.15, 0.2) is 0 Å². The summed E-state index contributed by atoms with van der Waals surface area (Å²) in [6.07, 6.45) is 2.43. The Kier molecular flexibility index (Phi) is 3.43. The minimum atomic E-state index is -0.326. The van der Waals surface area contributed by atoms with Gasteiger partial charge in [0.25, 0.3) is 0 Å². The average Bonchev–Trinajstić information content (AvgIpc) is 3.05. The summed E-state index contributed by atoms with van der Waals surface area (Å²) in [5.41, 5.74) is 0. The minimum absolute atomic E-state index is 0.00805. The van der Waals surface area contributed by atoms with Gasteiger partial charge in [-0.1, -0.05) is 0 Å². The molecule has 5 nitrogen and oxygen atoms in total. The second kappa shape index (κ2) is 4.82. The number of piperazine rings is 1. The minimum Gasteiger partial charge on any atom is -0.353 e. The Bertz CT molecular complexity index is 289. The smallest absolute Gasteiger partial charge is 0.240 e. The lowest BCUT2D eigenvalue weighted by atomic mass is 10.1. The highest BCUT2D eigenvalue weighted by Crippen LogP contribution is 2.19. The van der Waals surface area contributed by atoms with E-state index in [1.54, 1.807) is 4.90 Å². The number of carbonyl (C=O) groups is 2. The van der Waals surface area contributed by atoms with Crippen LogP contribution in [0.25, 0.3) is 0 Å². The zero-order chi connectivity index (χ0) is 11.5. The number of carbonyl (C=O) groups excluding carboxylic acids is 2. The molecule has 2 fully saturated rings. The van der Waals surface area contributed by atoms with E-state index in [2.05, 4.69) is 10.6 Å². The lowest BCUT2D eigenvalue weighted by Gasteiger charge is -2.32. The zero-order valence-corrected chi connectivity index (χ0v) is 9.66. The molecule has 1 aliphatic carbocycles. The van der Waals surface area contributed by atoms with Crippen LogP contribution in [-0.2, 0) is 9.59 Å². The highest BCUT2D eigenvalue weighted by atomic mass is 16.2. The molecule has 0 spiro atoms. The standard InChI is InChI=1S/C11H19N3O2/c1-2-14-6-5-12-9(11(14)16)7-10(15)13-8-3-4-8/h8-9,12H,2-7H2,1H3,(H,13,15). The molecule has 16 heavy (non-hydrogen) atoms. The summed E-state index contributed by atoms with van der Waals surface area (Å²) in [4.78, 5) is 25.3. The highest BCUT2D eigenvalue weighted by Gasteiger charge is 2.31. The molecule has 0 radical (unpaired) electrons. The highest BCUT2D eigenvalue weighted by molar-refractivity contribution is 5.89. The second-order valence-corrected chi connectivity index (χ2v) is 4.47. The van der Waals surface area contributed by atoms with E-state index in [0.717, 1.165) is 32.5 Å². The summed E-state index contributed by atoms with van der Waals surface area (Å²) in [7, 11) is 0.